The average Bonchev–Trinajstić information content (AvgIpc) is 2.52. The molecule has 1 aromatic rings. The Balaban J connectivity index is 2.50. The second kappa shape index (κ2) is 4.79. The van der Waals surface area contributed by atoms with Crippen molar-refractivity contribution < 1.29 is 4.79 Å². The Morgan fingerprint density at radius 2 is 2.43 bits per heavy atom. The number of amides is 1. The summed E-state index contributed by atoms with van der Waals surface area (Å²) in [7, 11) is 1.80. The van der Waals surface area contributed by atoms with E-state index < -0.39 is 0 Å². The van der Waals surface area contributed by atoms with Crippen LogP contribution in [0, 0.1) is 0 Å². The molecule has 14 heavy (non-hydrogen) atoms. The van der Waals surface area contributed by atoms with Crippen LogP contribution in [0.5, 0.6) is 0 Å². The van der Waals surface area contributed by atoms with Gasteiger partial charge in [-0.15, -0.1) is 0 Å². The maximum absolute atomic E-state index is 11.6. The molecule has 4 heteroatoms. The second-order valence-electron chi connectivity index (χ2n) is 3.57. The fourth-order valence-corrected chi connectivity index (χ4v) is 1.35. The van der Waals surface area contributed by atoms with Gasteiger partial charge in [0.2, 0.25) is 0 Å². The number of nitrogens with zero attached hydrogens (tertiary/aromatic N) is 2. The van der Waals surface area contributed by atoms with Gasteiger partial charge < -0.3 is 5.32 Å². The molecule has 1 aromatic heterocycles. The summed E-state index contributed by atoms with van der Waals surface area (Å²) in [6.07, 6.45) is 5.38. The lowest BCUT2D eigenvalue weighted by Crippen LogP contribution is -2.32. The van der Waals surface area contributed by atoms with E-state index in [0.29, 0.717) is 5.56 Å². The third kappa shape index (κ3) is 2.87. The largest absolute Gasteiger partial charge is 0.349 e. The summed E-state index contributed by atoms with van der Waals surface area (Å²) in [6.45, 7) is 4.12. The number of aryl methyl sites for hydroxylation is 1. The van der Waals surface area contributed by atoms with E-state index in [1.165, 1.54) is 0 Å². The zero-order valence-corrected chi connectivity index (χ0v) is 8.95. The van der Waals surface area contributed by atoms with Crippen LogP contribution in [0.4, 0.5) is 0 Å². The van der Waals surface area contributed by atoms with Crippen molar-refractivity contribution in [2.45, 2.75) is 32.7 Å². The summed E-state index contributed by atoms with van der Waals surface area (Å²) in [5, 5.41) is 6.86. The number of hydrogen-bond acceptors (Lipinski definition) is 2. The monoisotopic (exact) mass is 195 g/mol. The molecule has 1 atom stereocenters. The summed E-state index contributed by atoms with van der Waals surface area (Å²) >= 11 is 0. The molecule has 4 nitrogen and oxygen atoms in total. The Bertz CT molecular complexity index is 306. The highest BCUT2D eigenvalue weighted by molar-refractivity contribution is 5.93. The highest BCUT2D eigenvalue weighted by Gasteiger charge is 2.10. The summed E-state index contributed by atoms with van der Waals surface area (Å²) < 4.78 is 1.62. The molecule has 1 amide bonds. The van der Waals surface area contributed by atoms with Crippen molar-refractivity contribution in [2.24, 2.45) is 7.05 Å². The number of aromatic nitrogens is 2. The molecule has 0 aliphatic rings. The first-order valence-electron chi connectivity index (χ1n) is 4.93. The Kier molecular flexibility index (Phi) is 3.68. The molecule has 0 fully saturated rings. The van der Waals surface area contributed by atoms with Crippen molar-refractivity contribution in [1.82, 2.24) is 15.1 Å². The van der Waals surface area contributed by atoms with Crippen LogP contribution in [0.1, 0.15) is 37.0 Å². The molecule has 1 rings (SSSR count). The van der Waals surface area contributed by atoms with Gasteiger partial charge in [0.05, 0.1) is 11.8 Å². The maximum Gasteiger partial charge on any atom is 0.254 e. The first-order valence-corrected chi connectivity index (χ1v) is 4.93. The van der Waals surface area contributed by atoms with Gasteiger partial charge in [0.25, 0.3) is 5.91 Å². The van der Waals surface area contributed by atoms with Crippen LogP contribution in [0.3, 0.4) is 0 Å². The van der Waals surface area contributed by atoms with Crippen molar-refractivity contribution in [3.8, 4) is 0 Å². The smallest absolute Gasteiger partial charge is 0.254 e. The first-order chi connectivity index (χ1) is 6.63. The van der Waals surface area contributed by atoms with Crippen LogP contribution < -0.4 is 5.32 Å². The predicted octanol–water partition coefficient (Wildman–Crippen LogP) is 1.34. The minimum atomic E-state index is -0.0425. The normalized spacial score (nSPS) is 12.5. The average molecular weight is 195 g/mol. The van der Waals surface area contributed by atoms with Gasteiger partial charge in [-0.05, 0) is 13.3 Å². The number of hydrogen-bond donors (Lipinski definition) is 1. The number of rotatable bonds is 4. The summed E-state index contributed by atoms with van der Waals surface area (Å²) in [5.41, 5.74) is 0.621. The van der Waals surface area contributed by atoms with Gasteiger partial charge in [-0.25, -0.2) is 0 Å². The lowest BCUT2D eigenvalue weighted by molar-refractivity contribution is 0.0938. The standard InChI is InChI=1S/C10H17N3O/c1-4-5-8(2)12-10(14)9-6-11-13(3)7-9/h6-8H,4-5H2,1-3H3,(H,12,14). The molecule has 1 heterocycles. The molecular formula is C10H17N3O. The molecule has 0 aliphatic carbocycles. The third-order valence-electron chi connectivity index (χ3n) is 2.07. The van der Waals surface area contributed by atoms with Gasteiger partial charge in [0.15, 0.2) is 0 Å². The van der Waals surface area contributed by atoms with Gasteiger partial charge in [-0.2, -0.15) is 5.10 Å². The number of carbonyl (C=O) groups is 1. The highest BCUT2D eigenvalue weighted by atomic mass is 16.1. The van der Waals surface area contributed by atoms with Gasteiger partial charge in [-0.3, -0.25) is 9.48 Å². The molecule has 0 aromatic carbocycles. The molecule has 78 valence electrons. The zero-order chi connectivity index (χ0) is 10.6. The van der Waals surface area contributed by atoms with Crippen molar-refractivity contribution in [1.29, 1.82) is 0 Å². The lowest BCUT2D eigenvalue weighted by Gasteiger charge is -2.11. The summed E-state index contributed by atoms with van der Waals surface area (Å²) in [4.78, 5) is 11.6. The quantitative estimate of drug-likeness (QED) is 0.788. The first kappa shape index (κ1) is 10.8. The Morgan fingerprint density at radius 1 is 1.71 bits per heavy atom. The van der Waals surface area contributed by atoms with Crippen LogP contribution in [0.2, 0.25) is 0 Å². The van der Waals surface area contributed by atoms with Crippen LogP contribution in [-0.2, 0) is 7.05 Å². The third-order valence-corrected chi connectivity index (χ3v) is 2.07. The fourth-order valence-electron chi connectivity index (χ4n) is 1.35. The van der Waals surface area contributed by atoms with Crippen LogP contribution >= 0.6 is 0 Å². The van der Waals surface area contributed by atoms with E-state index in [1.54, 1.807) is 24.1 Å². The SMILES string of the molecule is CCCC(C)NC(=O)c1cnn(C)c1. The van der Waals surface area contributed by atoms with Crippen LogP contribution in [-0.4, -0.2) is 21.7 Å². The van der Waals surface area contributed by atoms with Crippen LogP contribution in [0.15, 0.2) is 12.4 Å². The summed E-state index contributed by atoms with van der Waals surface area (Å²) in [6, 6.07) is 0.229. The van der Waals surface area contributed by atoms with Crippen molar-refractivity contribution in [3.05, 3.63) is 18.0 Å². The topological polar surface area (TPSA) is 46.9 Å². The Morgan fingerprint density at radius 3 is 2.93 bits per heavy atom. The van der Waals surface area contributed by atoms with E-state index in [9.17, 15) is 4.79 Å². The molecule has 0 aliphatic heterocycles. The van der Waals surface area contributed by atoms with Gasteiger partial charge in [0.1, 0.15) is 0 Å². The minimum Gasteiger partial charge on any atom is -0.349 e. The van der Waals surface area contributed by atoms with Crippen molar-refractivity contribution in [2.75, 3.05) is 0 Å². The van der Waals surface area contributed by atoms with E-state index in [0.717, 1.165) is 12.8 Å². The number of nitrogens with one attached hydrogen (secondary N) is 1. The van der Waals surface area contributed by atoms with E-state index in [4.69, 9.17) is 0 Å². The second-order valence-corrected chi connectivity index (χ2v) is 3.57. The summed E-state index contributed by atoms with van der Waals surface area (Å²) in [5.74, 6) is -0.0425. The molecule has 1 unspecified atom stereocenters. The van der Waals surface area contributed by atoms with Gasteiger partial charge in [-0.1, -0.05) is 13.3 Å². The van der Waals surface area contributed by atoms with Gasteiger partial charge in [0, 0.05) is 19.3 Å². The Labute approximate surface area is 84.3 Å². The molecule has 0 saturated carbocycles. The molecular weight excluding hydrogens is 178 g/mol. The lowest BCUT2D eigenvalue weighted by atomic mass is 10.2. The van der Waals surface area contributed by atoms with Crippen LogP contribution in [0.25, 0.3) is 0 Å². The molecule has 0 bridgehead atoms. The maximum atomic E-state index is 11.6. The van der Waals surface area contributed by atoms with E-state index >= 15 is 0 Å². The molecule has 0 radical (unpaired) electrons. The minimum absolute atomic E-state index is 0.0425. The van der Waals surface area contributed by atoms with E-state index in [2.05, 4.69) is 17.3 Å². The predicted molar refractivity (Wildman–Crippen MR) is 55.0 cm³/mol. The number of carbonyl (C=O) groups excluding carboxylic acids is 1. The van der Waals surface area contributed by atoms with E-state index in [-0.39, 0.29) is 11.9 Å². The molecule has 1 N–H and O–H groups in total. The van der Waals surface area contributed by atoms with Crippen molar-refractivity contribution >= 4 is 5.91 Å². The molecule has 0 saturated heterocycles. The fraction of sp³-hybridized carbons (Fsp3) is 0.600. The highest BCUT2D eigenvalue weighted by Crippen LogP contribution is 1.99. The van der Waals surface area contributed by atoms with E-state index in [1.807, 2.05) is 6.92 Å². The zero-order valence-electron chi connectivity index (χ0n) is 8.95. The Hall–Kier alpha value is -1.32. The van der Waals surface area contributed by atoms with Crippen molar-refractivity contribution in [3.63, 3.8) is 0 Å². The molecule has 0 spiro atoms. The van der Waals surface area contributed by atoms with Gasteiger partial charge >= 0.3 is 0 Å².